The lowest BCUT2D eigenvalue weighted by Crippen LogP contribution is -1.94. The molecule has 3 N–H and O–H groups in total. The van der Waals surface area contributed by atoms with E-state index in [0.29, 0.717) is 0 Å². The Bertz CT molecular complexity index is 763. The molecule has 1 aromatic heterocycles. The van der Waals surface area contributed by atoms with Crippen LogP contribution in [0.5, 0.6) is 0 Å². The van der Waals surface area contributed by atoms with E-state index in [0.717, 1.165) is 33.3 Å². The molecule has 0 saturated carbocycles. The van der Waals surface area contributed by atoms with Gasteiger partial charge in [0, 0.05) is 21.8 Å². The summed E-state index contributed by atoms with van der Waals surface area (Å²) in [5.74, 6) is 0. The van der Waals surface area contributed by atoms with E-state index in [1.807, 2.05) is 43.3 Å². The van der Waals surface area contributed by atoms with Crippen LogP contribution in [0.3, 0.4) is 0 Å². The Kier molecular flexibility index (Phi) is 3.62. The van der Waals surface area contributed by atoms with Crippen LogP contribution in [0.4, 0.5) is 16.5 Å². The SMILES string of the molecule is Cc1ccc(Nc2nc(-c3ccccc3)c(C)s2)cc1N. The number of benzene rings is 2. The lowest BCUT2D eigenvalue weighted by Gasteiger charge is -2.05. The maximum absolute atomic E-state index is 5.94. The van der Waals surface area contributed by atoms with Gasteiger partial charge in [-0.15, -0.1) is 11.3 Å². The molecule has 2 aromatic carbocycles. The first kappa shape index (κ1) is 13.6. The number of anilines is 3. The van der Waals surface area contributed by atoms with Crippen LogP contribution < -0.4 is 11.1 Å². The lowest BCUT2D eigenvalue weighted by molar-refractivity contribution is 1.35. The van der Waals surface area contributed by atoms with Crippen LogP contribution in [0.1, 0.15) is 10.4 Å². The van der Waals surface area contributed by atoms with Gasteiger partial charge < -0.3 is 11.1 Å². The molecule has 0 spiro atoms. The molecule has 3 rings (SSSR count). The van der Waals surface area contributed by atoms with Crippen LogP contribution in [0.15, 0.2) is 48.5 Å². The van der Waals surface area contributed by atoms with E-state index in [4.69, 9.17) is 10.7 Å². The van der Waals surface area contributed by atoms with Crippen molar-refractivity contribution in [2.75, 3.05) is 11.1 Å². The highest BCUT2D eigenvalue weighted by Crippen LogP contribution is 2.32. The summed E-state index contributed by atoms with van der Waals surface area (Å²) in [5, 5.41) is 4.21. The smallest absolute Gasteiger partial charge is 0.187 e. The van der Waals surface area contributed by atoms with Gasteiger partial charge in [-0.3, -0.25) is 0 Å². The van der Waals surface area contributed by atoms with E-state index < -0.39 is 0 Å². The molecule has 1 heterocycles. The average molecular weight is 295 g/mol. The highest BCUT2D eigenvalue weighted by atomic mass is 32.1. The second-order valence-electron chi connectivity index (χ2n) is 4.99. The second kappa shape index (κ2) is 5.58. The minimum atomic E-state index is 0.788. The number of rotatable bonds is 3. The highest BCUT2D eigenvalue weighted by Gasteiger charge is 2.09. The van der Waals surface area contributed by atoms with E-state index in [9.17, 15) is 0 Å². The van der Waals surface area contributed by atoms with E-state index in [-0.39, 0.29) is 0 Å². The number of nitrogen functional groups attached to an aromatic ring is 1. The molecule has 21 heavy (non-hydrogen) atoms. The topological polar surface area (TPSA) is 50.9 Å². The zero-order valence-electron chi connectivity index (χ0n) is 12.1. The minimum absolute atomic E-state index is 0.788. The Morgan fingerprint density at radius 3 is 2.52 bits per heavy atom. The molecule has 4 heteroatoms. The predicted octanol–water partition coefficient (Wildman–Crippen LogP) is 4.75. The quantitative estimate of drug-likeness (QED) is 0.685. The molecule has 0 fully saturated rings. The van der Waals surface area contributed by atoms with Gasteiger partial charge in [0.15, 0.2) is 5.13 Å². The zero-order chi connectivity index (χ0) is 14.8. The summed E-state index contributed by atoms with van der Waals surface area (Å²) in [6.07, 6.45) is 0. The molecular formula is C17H17N3S. The van der Waals surface area contributed by atoms with E-state index in [1.54, 1.807) is 11.3 Å². The molecular weight excluding hydrogens is 278 g/mol. The standard InChI is InChI=1S/C17H17N3S/c1-11-8-9-14(10-15(11)18)19-17-20-16(12(2)21-17)13-6-4-3-5-7-13/h3-10H,18H2,1-2H3,(H,19,20). The summed E-state index contributed by atoms with van der Waals surface area (Å²) >= 11 is 1.65. The molecule has 0 aliphatic heterocycles. The second-order valence-corrected chi connectivity index (χ2v) is 6.19. The number of hydrogen-bond acceptors (Lipinski definition) is 4. The highest BCUT2D eigenvalue weighted by molar-refractivity contribution is 7.16. The summed E-state index contributed by atoms with van der Waals surface area (Å²) < 4.78 is 0. The fraction of sp³-hybridized carbons (Fsp3) is 0.118. The van der Waals surface area contributed by atoms with Crippen molar-refractivity contribution in [3.05, 3.63) is 59.0 Å². The summed E-state index contributed by atoms with van der Waals surface area (Å²) in [6, 6.07) is 16.2. The van der Waals surface area contributed by atoms with Crippen LogP contribution in [-0.2, 0) is 0 Å². The van der Waals surface area contributed by atoms with Gasteiger partial charge in [0.05, 0.1) is 5.69 Å². The number of aromatic nitrogens is 1. The first-order valence-electron chi connectivity index (χ1n) is 6.79. The Labute approximate surface area is 128 Å². The van der Waals surface area contributed by atoms with Crippen molar-refractivity contribution in [3.63, 3.8) is 0 Å². The predicted molar refractivity (Wildman–Crippen MR) is 91.2 cm³/mol. The number of nitrogens with one attached hydrogen (secondary N) is 1. The average Bonchev–Trinajstić information content (AvgIpc) is 2.84. The monoisotopic (exact) mass is 295 g/mol. The molecule has 0 aliphatic carbocycles. The van der Waals surface area contributed by atoms with E-state index in [1.165, 1.54) is 4.88 Å². The van der Waals surface area contributed by atoms with Crippen molar-refractivity contribution < 1.29 is 0 Å². The largest absolute Gasteiger partial charge is 0.398 e. The molecule has 3 nitrogen and oxygen atoms in total. The van der Waals surface area contributed by atoms with Crippen LogP contribution in [0.2, 0.25) is 0 Å². The van der Waals surface area contributed by atoms with Crippen LogP contribution in [-0.4, -0.2) is 4.98 Å². The van der Waals surface area contributed by atoms with Gasteiger partial charge in [-0.25, -0.2) is 4.98 Å². The lowest BCUT2D eigenvalue weighted by atomic mass is 10.1. The number of thiazole rings is 1. The molecule has 106 valence electrons. The van der Waals surface area contributed by atoms with Gasteiger partial charge in [0.25, 0.3) is 0 Å². The maximum atomic E-state index is 5.94. The summed E-state index contributed by atoms with van der Waals surface area (Å²) in [4.78, 5) is 5.89. The molecule has 0 unspecified atom stereocenters. The molecule has 0 amide bonds. The minimum Gasteiger partial charge on any atom is -0.398 e. The van der Waals surface area contributed by atoms with Crippen molar-refractivity contribution in [2.45, 2.75) is 13.8 Å². The summed E-state index contributed by atoms with van der Waals surface area (Å²) in [5.41, 5.74) is 11.0. The normalized spacial score (nSPS) is 10.6. The van der Waals surface area contributed by atoms with Crippen LogP contribution in [0.25, 0.3) is 11.3 Å². The van der Waals surface area contributed by atoms with Crippen molar-refractivity contribution in [1.29, 1.82) is 0 Å². The van der Waals surface area contributed by atoms with Gasteiger partial charge in [0.1, 0.15) is 0 Å². The number of aryl methyl sites for hydroxylation is 2. The Hall–Kier alpha value is -2.33. The van der Waals surface area contributed by atoms with E-state index in [2.05, 4.69) is 24.4 Å². The zero-order valence-corrected chi connectivity index (χ0v) is 12.9. The first-order chi connectivity index (χ1) is 10.1. The maximum Gasteiger partial charge on any atom is 0.187 e. The van der Waals surface area contributed by atoms with E-state index >= 15 is 0 Å². The van der Waals surface area contributed by atoms with Gasteiger partial charge in [-0.2, -0.15) is 0 Å². The van der Waals surface area contributed by atoms with Gasteiger partial charge in [-0.05, 0) is 31.5 Å². The number of nitrogens with zero attached hydrogens (tertiary/aromatic N) is 1. The molecule has 0 saturated heterocycles. The Morgan fingerprint density at radius 2 is 1.81 bits per heavy atom. The van der Waals surface area contributed by atoms with Crippen LogP contribution >= 0.6 is 11.3 Å². The summed E-state index contributed by atoms with van der Waals surface area (Å²) in [7, 11) is 0. The fourth-order valence-corrected chi connectivity index (χ4v) is 3.01. The van der Waals surface area contributed by atoms with Gasteiger partial charge in [-0.1, -0.05) is 36.4 Å². The third kappa shape index (κ3) is 2.90. The van der Waals surface area contributed by atoms with Crippen molar-refractivity contribution in [2.24, 2.45) is 0 Å². The third-order valence-corrected chi connectivity index (χ3v) is 4.26. The molecule has 0 radical (unpaired) electrons. The fourth-order valence-electron chi connectivity index (χ4n) is 2.16. The molecule has 3 aromatic rings. The first-order valence-corrected chi connectivity index (χ1v) is 7.61. The Balaban J connectivity index is 1.89. The number of hydrogen-bond donors (Lipinski definition) is 2. The third-order valence-electron chi connectivity index (χ3n) is 3.37. The summed E-state index contributed by atoms with van der Waals surface area (Å²) in [6.45, 7) is 4.09. The van der Waals surface area contributed by atoms with Crippen molar-refractivity contribution in [3.8, 4) is 11.3 Å². The Morgan fingerprint density at radius 1 is 1.05 bits per heavy atom. The van der Waals surface area contributed by atoms with Crippen LogP contribution in [0, 0.1) is 13.8 Å². The number of nitrogens with two attached hydrogens (primary N) is 1. The van der Waals surface area contributed by atoms with Crippen molar-refractivity contribution >= 4 is 27.8 Å². The molecule has 0 aliphatic rings. The molecule has 0 atom stereocenters. The van der Waals surface area contributed by atoms with Gasteiger partial charge in [0.2, 0.25) is 0 Å². The molecule has 0 bridgehead atoms. The van der Waals surface area contributed by atoms with Crippen molar-refractivity contribution in [1.82, 2.24) is 4.98 Å². The van der Waals surface area contributed by atoms with Gasteiger partial charge >= 0.3 is 0 Å².